The van der Waals surface area contributed by atoms with Crippen LogP contribution in [-0.4, -0.2) is 18.0 Å². The van der Waals surface area contributed by atoms with Gasteiger partial charge in [0.05, 0.1) is 11.1 Å². The summed E-state index contributed by atoms with van der Waals surface area (Å²) in [5.41, 5.74) is 5.30. The molecule has 110 valence electrons. The first kappa shape index (κ1) is 16.7. The molecule has 2 atom stereocenters. The topological polar surface area (TPSA) is 84.2 Å². The second kappa shape index (κ2) is 6.88. The van der Waals surface area contributed by atoms with Gasteiger partial charge in [-0.25, -0.2) is 9.18 Å². The number of benzene rings is 1. The predicted octanol–water partition coefficient (Wildman–Crippen LogP) is 2.37. The lowest BCUT2D eigenvalue weighted by molar-refractivity contribution is -0.121. The van der Waals surface area contributed by atoms with Gasteiger partial charge in [0.25, 0.3) is 0 Å². The van der Waals surface area contributed by atoms with Gasteiger partial charge in [-0.15, -0.1) is 0 Å². The molecule has 1 aromatic carbocycles. The van der Waals surface area contributed by atoms with Gasteiger partial charge in [-0.3, -0.25) is 15.4 Å². The molecular formula is C12H14Cl2FN3O2. The van der Waals surface area contributed by atoms with Crippen molar-refractivity contribution in [3.8, 4) is 0 Å². The van der Waals surface area contributed by atoms with Crippen molar-refractivity contribution < 1.29 is 14.0 Å². The van der Waals surface area contributed by atoms with Crippen molar-refractivity contribution in [1.29, 1.82) is 0 Å². The molecule has 3 amide bonds. The zero-order chi connectivity index (χ0) is 15.4. The van der Waals surface area contributed by atoms with E-state index in [9.17, 15) is 14.0 Å². The highest BCUT2D eigenvalue weighted by Gasteiger charge is 2.19. The summed E-state index contributed by atoms with van der Waals surface area (Å²) in [5, 5.41) is 5.02. The molecule has 20 heavy (non-hydrogen) atoms. The molecule has 0 aromatic heterocycles. The predicted molar refractivity (Wildman–Crippen MR) is 75.2 cm³/mol. The van der Waals surface area contributed by atoms with Crippen molar-refractivity contribution in [2.24, 2.45) is 5.73 Å². The normalized spacial score (nSPS) is 13.7. The third kappa shape index (κ3) is 4.33. The lowest BCUT2D eigenvalue weighted by Gasteiger charge is -2.20. The number of hydrogen-bond acceptors (Lipinski definition) is 3. The molecule has 0 radical (unpaired) electrons. The van der Waals surface area contributed by atoms with Gasteiger partial charge in [-0.05, 0) is 31.5 Å². The minimum atomic E-state index is -0.938. The second-order valence-electron chi connectivity index (χ2n) is 4.25. The Balaban J connectivity index is 2.81. The van der Waals surface area contributed by atoms with Gasteiger partial charge in [0.2, 0.25) is 5.91 Å². The van der Waals surface area contributed by atoms with Crippen molar-refractivity contribution in [2.45, 2.75) is 25.9 Å². The van der Waals surface area contributed by atoms with Gasteiger partial charge < -0.3 is 5.73 Å². The number of carbonyl (C=O) groups excluding carboxylic acids is 2. The van der Waals surface area contributed by atoms with Crippen molar-refractivity contribution in [1.82, 2.24) is 10.6 Å². The summed E-state index contributed by atoms with van der Waals surface area (Å²) in [5.74, 6) is -1.19. The van der Waals surface area contributed by atoms with Crippen molar-refractivity contribution in [3.05, 3.63) is 33.6 Å². The standard InChI is InChI=1S/C12H14Cl2FN3O2/c1-5(17-6(2)11(19)18-12(16)20)7-3-10(15)9(14)4-8(7)13/h3-6,17H,1-2H3,(H3,16,18,19,20)/t5-,6-/m0/s1. The number of nitrogens with two attached hydrogens (primary N) is 1. The van der Waals surface area contributed by atoms with Crippen LogP contribution in [0.3, 0.4) is 0 Å². The fourth-order valence-electron chi connectivity index (χ4n) is 1.64. The fourth-order valence-corrected chi connectivity index (χ4v) is 2.19. The van der Waals surface area contributed by atoms with Crippen LogP contribution in [0.25, 0.3) is 0 Å². The first-order chi connectivity index (χ1) is 9.22. The van der Waals surface area contributed by atoms with Crippen LogP contribution in [0.1, 0.15) is 25.5 Å². The molecule has 0 heterocycles. The molecule has 5 nitrogen and oxygen atoms in total. The summed E-state index contributed by atoms with van der Waals surface area (Å²) in [4.78, 5) is 22.1. The van der Waals surface area contributed by atoms with Gasteiger partial charge in [0.1, 0.15) is 5.82 Å². The molecule has 4 N–H and O–H groups in total. The van der Waals surface area contributed by atoms with Crippen molar-refractivity contribution in [3.63, 3.8) is 0 Å². The smallest absolute Gasteiger partial charge is 0.318 e. The minimum absolute atomic E-state index is 0.0783. The Morgan fingerprint density at radius 2 is 1.85 bits per heavy atom. The highest BCUT2D eigenvalue weighted by atomic mass is 35.5. The maximum absolute atomic E-state index is 13.4. The monoisotopic (exact) mass is 321 g/mol. The number of amides is 3. The Kier molecular flexibility index (Phi) is 5.74. The molecular weight excluding hydrogens is 308 g/mol. The molecule has 0 aliphatic heterocycles. The molecule has 0 bridgehead atoms. The number of halogens is 3. The molecule has 0 aliphatic rings. The van der Waals surface area contributed by atoms with Crippen LogP contribution < -0.4 is 16.4 Å². The van der Waals surface area contributed by atoms with E-state index in [1.807, 2.05) is 5.32 Å². The van der Waals surface area contributed by atoms with E-state index < -0.39 is 29.8 Å². The van der Waals surface area contributed by atoms with Gasteiger partial charge in [0, 0.05) is 11.1 Å². The maximum Gasteiger partial charge on any atom is 0.318 e. The quantitative estimate of drug-likeness (QED) is 0.744. The number of primary amides is 1. The summed E-state index contributed by atoms with van der Waals surface area (Å²) in [6, 6.07) is 0.406. The summed E-state index contributed by atoms with van der Waals surface area (Å²) in [7, 11) is 0. The lowest BCUT2D eigenvalue weighted by Crippen LogP contribution is -2.47. The van der Waals surface area contributed by atoms with Crippen LogP contribution >= 0.6 is 23.2 Å². The van der Waals surface area contributed by atoms with Crippen LogP contribution in [0.5, 0.6) is 0 Å². The van der Waals surface area contributed by atoms with Crippen LogP contribution in [0.2, 0.25) is 10.0 Å². The summed E-state index contributed by atoms with van der Waals surface area (Å²) in [6.45, 7) is 3.23. The molecule has 8 heteroatoms. The maximum atomic E-state index is 13.4. The number of carbonyl (C=O) groups is 2. The third-order valence-corrected chi connectivity index (χ3v) is 3.26. The molecule has 1 aromatic rings. The molecule has 0 saturated heterocycles. The summed E-state index contributed by atoms with van der Waals surface area (Å²) in [6.07, 6.45) is 0. The Hall–Kier alpha value is -1.37. The van der Waals surface area contributed by atoms with E-state index in [0.717, 1.165) is 0 Å². The molecule has 0 spiro atoms. The van der Waals surface area contributed by atoms with E-state index in [-0.39, 0.29) is 10.0 Å². The number of hydrogen-bond donors (Lipinski definition) is 3. The van der Waals surface area contributed by atoms with Crippen LogP contribution in [-0.2, 0) is 4.79 Å². The number of urea groups is 1. The van der Waals surface area contributed by atoms with E-state index >= 15 is 0 Å². The average Bonchev–Trinajstić information content (AvgIpc) is 2.32. The van der Waals surface area contributed by atoms with Gasteiger partial charge in [-0.1, -0.05) is 23.2 Å². The SMILES string of the molecule is C[C@H](N[C@@H](C)c1cc(F)c(Cl)cc1Cl)C(=O)NC(N)=O. The van der Waals surface area contributed by atoms with E-state index in [0.29, 0.717) is 5.56 Å². The zero-order valence-corrected chi connectivity index (χ0v) is 12.3. The van der Waals surface area contributed by atoms with Crippen molar-refractivity contribution in [2.75, 3.05) is 0 Å². The lowest BCUT2D eigenvalue weighted by atomic mass is 10.1. The Morgan fingerprint density at radius 3 is 2.40 bits per heavy atom. The first-order valence-corrected chi connectivity index (χ1v) is 6.48. The van der Waals surface area contributed by atoms with E-state index in [4.69, 9.17) is 28.9 Å². The number of imide groups is 1. The molecule has 0 saturated carbocycles. The van der Waals surface area contributed by atoms with E-state index in [2.05, 4.69) is 5.32 Å². The van der Waals surface area contributed by atoms with Gasteiger partial charge in [0.15, 0.2) is 0 Å². The molecule has 0 unspecified atom stereocenters. The fraction of sp³-hybridized carbons (Fsp3) is 0.333. The zero-order valence-electron chi connectivity index (χ0n) is 10.8. The Bertz CT molecular complexity index is 540. The average molecular weight is 322 g/mol. The van der Waals surface area contributed by atoms with Gasteiger partial charge >= 0.3 is 6.03 Å². The van der Waals surface area contributed by atoms with Crippen LogP contribution in [0, 0.1) is 5.82 Å². The van der Waals surface area contributed by atoms with Crippen molar-refractivity contribution >= 4 is 35.1 Å². The Morgan fingerprint density at radius 1 is 1.25 bits per heavy atom. The van der Waals surface area contributed by atoms with Gasteiger partial charge in [-0.2, -0.15) is 0 Å². The van der Waals surface area contributed by atoms with E-state index in [1.54, 1.807) is 6.92 Å². The Labute approximate surface area is 125 Å². The highest BCUT2D eigenvalue weighted by molar-refractivity contribution is 6.35. The first-order valence-electron chi connectivity index (χ1n) is 5.73. The van der Waals surface area contributed by atoms with Crippen LogP contribution in [0.4, 0.5) is 9.18 Å². The molecule has 0 fully saturated rings. The van der Waals surface area contributed by atoms with Crippen LogP contribution in [0.15, 0.2) is 12.1 Å². The third-order valence-electron chi connectivity index (χ3n) is 2.65. The molecule has 0 aliphatic carbocycles. The minimum Gasteiger partial charge on any atom is -0.351 e. The number of rotatable bonds is 4. The summed E-state index contributed by atoms with van der Waals surface area (Å²) < 4.78 is 13.4. The molecule has 1 rings (SSSR count). The highest BCUT2D eigenvalue weighted by Crippen LogP contribution is 2.28. The van der Waals surface area contributed by atoms with E-state index in [1.165, 1.54) is 19.1 Å². The largest absolute Gasteiger partial charge is 0.351 e. The second-order valence-corrected chi connectivity index (χ2v) is 5.07. The number of nitrogens with one attached hydrogen (secondary N) is 2. The summed E-state index contributed by atoms with van der Waals surface area (Å²) >= 11 is 11.6.